The van der Waals surface area contributed by atoms with Crippen molar-refractivity contribution >= 4 is 17.6 Å². The predicted octanol–water partition coefficient (Wildman–Crippen LogP) is 0.566. The number of aliphatic hydroxyl groups is 2. The maximum atomic E-state index is 9.14. The van der Waals surface area contributed by atoms with Gasteiger partial charge in [0.1, 0.15) is 0 Å². The standard InChI is InChI=1S/C11H18ClN4O2/c1-9-10(2)15(14(4-7-17)5-8-18)16(12)6-3-13-11(9)16/h3,6,17-18H,4-5,7-8H2,1-2H3/q+1. The van der Waals surface area contributed by atoms with E-state index in [0.29, 0.717) is 13.1 Å². The molecule has 0 aromatic rings. The summed E-state index contributed by atoms with van der Waals surface area (Å²) in [7, 11) is 0. The van der Waals surface area contributed by atoms with E-state index in [1.807, 2.05) is 24.0 Å². The van der Waals surface area contributed by atoms with Crippen LogP contribution < -0.4 is 0 Å². The van der Waals surface area contributed by atoms with Gasteiger partial charge in [-0.1, -0.05) is 0 Å². The largest absolute Gasteiger partial charge is 0.395 e. The fourth-order valence-corrected chi connectivity index (χ4v) is 2.72. The molecule has 18 heavy (non-hydrogen) atoms. The number of nitrogens with zero attached hydrogens (tertiary/aromatic N) is 4. The van der Waals surface area contributed by atoms with Crippen LogP contribution in [0.5, 0.6) is 0 Å². The molecule has 0 radical (unpaired) electrons. The highest BCUT2D eigenvalue weighted by Gasteiger charge is 2.52. The summed E-state index contributed by atoms with van der Waals surface area (Å²) in [5, 5.41) is 21.9. The Labute approximate surface area is 111 Å². The molecule has 0 aromatic carbocycles. The SMILES string of the molecule is CC1=C(C)N(N(CCO)CCO)[N+]2(Cl)C=CN=C12. The first-order chi connectivity index (χ1) is 8.56. The first-order valence-electron chi connectivity index (χ1n) is 5.85. The van der Waals surface area contributed by atoms with Crippen LogP contribution in [0, 0.1) is 0 Å². The Hall–Kier alpha value is -0.920. The lowest BCUT2D eigenvalue weighted by Crippen LogP contribution is -2.56. The van der Waals surface area contributed by atoms with Crippen molar-refractivity contribution < 1.29 is 14.3 Å². The van der Waals surface area contributed by atoms with E-state index in [4.69, 9.17) is 22.0 Å². The second kappa shape index (κ2) is 4.99. The van der Waals surface area contributed by atoms with Crippen molar-refractivity contribution in [3.05, 3.63) is 23.7 Å². The quantitative estimate of drug-likeness (QED) is 0.719. The van der Waals surface area contributed by atoms with Gasteiger partial charge in [0.05, 0.1) is 30.7 Å². The number of fused-ring (bicyclic) bond motifs is 1. The molecule has 6 nitrogen and oxygen atoms in total. The molecule has 0 bridgehead atoms. The Morgan fingerprint density at radius 3 is 2.50 bits per heavy atom. The highest BCUT2D eigenvalue weighted by atomic mass is 35.5. The molecule has 100 valence electrons. The molecule has 1 atom stereocenters. The van der Waals surface area contributed by atoms with E-state index in [1.165, 1.54) is 0 Å². The van der Waals surface area contributed by atoms with E-state index in [1.54, 1.807) is 12.4 Å². The van der Waals surface area contributed by atoms with Gasteiger partial charge in [-0.15, -0.1) is 5.12 Å². The number of aliphatic imine (C=N–C) groups is 1. The molecule has 7 heteroatoms. The van der Waals surface area contributed by atoms with Gasteiger partial charge >= 0.3 is 0 Å². The van der Waals surface area contributed by atoms with Gasteiger partial charge in [0.2, 0.25) is 11.8 Å². The summed E-state index contributed by atoms with van der Waals surface area (Å²) in [4.78, 5) is 4.28. The van der Waals surface area contributed by atoms with E-state index in [9.17, 15) is 0 Å². The van der Waals surface area contributed by atoms with Crippen molar-refractivity contribution in [2.24, 2.45) is 4.99 Å². The summed E-state index contributed by atoms with van der Waals surface area (Å²) in [5.74, 6) is 0.759. The van der Waals surface area contributed by atoms with Crippen molar-refractivity contribution in [2.45, 2.75) is 13.8 Å². The number of hydrogen-bond acceptors (Lipinski definition) is 5. The number of quaternary nitrogens is 1. The summed E-state index contributed by atoms with van der Waals surface area (Å²) in [6.45, 7) is 4.71. The van der Waals surface area contributed by atoms with Gasteiger partial charge in [-0.2, -0.15) is 10.0 Å². The van der Waals surface area contributed by atoms with Gasteiger partial charge in [-0.3, -0.25) is 0 Å². The number of aliphatic hydroxyl groups excluding tert-OH is 2. The molecule has 0 spiro atoms. The molecule has 2 heterocycles. The number of halogens is 1. The van der Waals surface area contributed by atoms with Crippen LogP contribution in [-0.4, -0.2) is 56.6 Å². The molecular formula is C11H18ClN4O2+. The number of hydrazine groups is 1. The average Bonchev–Trinajstić information content (AvgIpc) is 2.78. The Bertz CT molecular complexity index is 429. The van der Waals surface area contributed by atoms with E-state index in [-0.39, 0.29) is 17.3 Å². The molecule has 0 aliphatic carbocycles. The molecule has 0 amide bonds. The smallest absolute Gasteiger partial charge is 0.282 e. The average molecular weight is 274 g/mol. The molecule has 0 saturated carbocycles. The lowest BCUT2D eigenvalue weighted by atomic mass is 10.2. The normalized spacial score (nSPS) is 26.3. The summed E-state index contributed by atoms with van der Waals surface area (Å²) in [5.41, 5.74) is 1.98. The van der Waals surface area contributed by atoms with Gasteiger partial charge in [0.25, 0.3) is 5.84 Å². The monoisotopic (exact) mass is 273 g/mol. The third kappa shape index (κ3) is 1.86. The van der Waals surface area contributed by atoms with Crippen LogP contribution in [-0.2, 0) is 0 Å². The molecule has 0 aromatic heterocycles. The summed E-state index contributed by atoms with van der Waals surface area (Å²) >= 11 is 6.59. The maximum absolute atomic E-state index is 9.14. The summed E-state index contributed by atoms with van der Waals surface area (Å²) < 4.78 is -0.0718. The third-order valence-electron chi connectivity index (χ3n) is 3.20. The molecule has 2 aliphatic rings. The number of hydrogen-bond donors (Lipinski definition) is 2. The van der Waals surface area contributed by atoms with Crippen LogP contribution >= 0.6 is 11.8 Å². The van der Waals surface area contributed by atoms with Crippen molar-refractivity contribution in [1.82, 2.24) is 10.1 Å². The van der Waals surface area contributed by atoms with Crippen LogP contribution in [0.25, 0.3) is 0 Å². The van der Waals surface area contributed by atoms with Gasteiger partial charge in [-0.05, 0) is 18.0 Å². The molecule has 0 saturated heterocycles. The summed E-state index contributed by atoms with van der Waals surface area (Å²) in [6.07, 6.45) is 3.43. The second-order valence-electron chi connectivity index (χ2n) is 4.25. The van der Waals surface area contributed by atoms with E-state index < -0.39 is 0 Å². The molecule has 2 N–H and O–H groups in total. The number of allylic oxidation sites excluding steroid dienone is 1. The zero-order chi connectivity index (χ0) is 13.3. The van der Waals surface area contributed by atoms with Gasteiger partial charge in [0, 0.05) is 13.1 Å². The molecule has 2 rings (SSSR count). The van der Waals surface area contributed by atoms with Crippen LogP contribution in [0.2, 0.25) is 0 Å². The van der Waals surface area contributed by atoms with Crippen LogP contribution in [0.3, 0.4) is 0 Å². The number of rotatable bonds is 5. The lowest BCUT2D eigenvalue weighted by molar-refractivity contribution is -0.821. The second-order valence-corrected chi connectivity index (χ2v) is 4.77. The van der Waals surface area contributed by atoms with Crippen molar-refractivity contribution in [2.75, 3.05) is 26.3 Å². The maximum Gasteiger partial charge on any atom is 0.282 e. The molecule has 2 aliphatic heterocycles. The Morgan fingerprint density at radius 1 is 1.33 bits per heavy atom. The molecule has 0 fully saturated rings. The first kappa shape index (κ1) is 13.5. The minimum absolute atomic E-state index is 0.00406. The highest BCUT2D eigenvalue weighted by Crippen LogP contribution is 2.39. The van der Waals surface area contributed by atoms with E-state index in [0.717, 1.165) is 17.1 Å². The summed E-state index contributed by atoms with van der Waals surface area (Å²) in [6, 6.07) is 0. The fraction of sp³-hybridized carbons (Fsp3) is 0.545. The molecular weight excluding hydrogens is 256 g/mol. The van der Waals surface area contributed by atoms with Gasteiger partial charge in [0.15, 0.2) is 6.20 Å². The highest BCUT2D eigenvalue weighted by molar-refractivity contribution is 6.17. The first-order valence-corrected chi connectivity index (χ1v) is 6.19. The third-order valence-corrected chi connectivity index (χ3v) is 3.61. The fourth-order valence-electron chi connectivity index (χ4n) is 2.29. The Morgan fingerprint density at radius 2 is 1.94 bits per heavy atom. The van der Waals surface area contributed by atoms with Crippen molar-refractivity contribution in [3.63, 3.8) is 0 Å². The van der Waals surface area contributed by atoms with Crippen LogP contribution in [0.15, 0.2) is 28.7 Å². The Balaban J connectivity index is 2.36. The lowest BCUT2D eigenvalue weighted by Gasteiger charge is -2.37. The number of amidine groups is 1. The van der Waals surface area contributed by atoms with Gasteiger partial charge in [-0.25, -0.2) is 0 Å². The zero-order valence-corrected chi connectivity index (χ0v) is 11.3. The van der Waals surface area contributed by atoms with E-state index >= 15 is 0 Å². The van der Waals surface area contributed by atoms with E-state index in [2.05, 4.69) is 4.99 Å². The minimum atomic E-state index is -0.0718. The van der Waals surface area contributed by atoms with Crippen molar-refractivity contribution in [3.8, 4) is 0 Å². The zero-order valence-electron chi connectivity index (χ0n) is 10.5. The van der Waals surface area contributed by atoms with Crippen molar-refractivity contribution in [1.29, 1.82) is 0 Å². The predicted molar refractivity (Wildman–Crippen MR) is 68.6 cm³/mol. The van der Waals surface area contributed by atoms with Crippen LogP contribution in [0.1, 0.15) is 13.8 Å². The van der Waals surface area contributed by atoms with Crippen LogP contribution in [0.4, 0.5) is 0 Å². The van der Waals surface area contributed by atoms with Gasteiger partial charge < -0.3 is 10.2 Å². The topological polar surface area (TPSA) is 59.3 Å². The molecule has 1 unspecified atom stereocenters. The minimum Gasteiger partial charge on any atom is -0.395 e. The Kier molecular flexibility index (Phi) is 3.74.